The van der Waals surface area contributed by atoms with Gasteiger partial charge in [-0.3, -0.25) is 0 Å². The maximum atomic E-state index is 9.12. The van der Waals surface area contributed by atoms with Crippen LogP contribution < -0.4 is 0 Å². The van der Waals surface area contributed by atoms with Crippen molar-refractivity contribution in [3.8, 4) is 0 Å². The van der Waals surface area contributed by atoms with E-state index in [-0.39, 0.29) is 17.4 Å². The summed E-state index contributed by atoms with van der Waals surface area (Å²) in [5, 5.41) is 15.0. The van der Waals surface area contributed by atoms with Crippen molar-refractivity contribution < 1.29 is 32.4 Å². The number of aliphatic hydroxyl groups is 1. The maximum Gasteiger partial charge on any atom is 0.329 e. The number of rotatable bonds is 1. The largest absolute Gasteiger partial charge is 0.480 e. The fraction of sp³-hybridized carbons (Fsp3) is 0.500. The summed E-state index contributed by atoms with van der Waals surface area (Å²) in [6, 6.07) is 0. The van der Waals surface area contributed by atoms with Crippen LogP contribution in [0, 0.1) is 0 Å². The second-order valence-electron chi connectivity index (χ2n) is 0.552. The third-order valence-corrected chi connectivity index (χ3v) is 0.135. The zero-order valence-corrected chi connectivity index (χ0v) is 4.19. The van der Waals surface area contributed by atoms with Crippen molar-refractivity contribution in [1.29, 1.82) is 0 Å². The van der Waals surface area contributed by atoms with Gasteiger partial charge < -0.3 is 10.2 Å². The standard InChI is InChI=1S/C2H4O3.Cr/c3-1-2(4)5;/h3H,1H2,(H,4,5);. The van der Waals surface area contributed by atoms with Crippen LogP contribution in [-0.2, 0) is 22.2 Å². The van der Waals surface area contributed by atoms with Gasteiger partial charge >= 0.3 is 5.97 Å². The molecule has 3 nitrogen and oxygen atoms in total. The number of carboxylic acids is 1. The molecule has 0 radical (unpaired) electrons. The first-order valence-electron chi connectivity index (χ1n) is 1.10. The first-order chi connectivity index (χ1) is 2.27. The predicted octanol–water partition coefficient (Wildman–Crippen LogP) is -0.939. The van der Waals surface area contributed by atoms with E-state index >= 15 is 0 Å². The molecule has 0 aliphatic rings. The van der Waals surface area contributed by atoms with Crippen molar-refractivity contribution in [2.75, 3.05) is 6.61 Å². The molecule has 0 saturated carbocycles. The Labute approximate surface area is 45.7 Å². The molecule has 4 heteroatoms. The van der Waals surface area contributed by atoms with Gasteiger partial charge in [-0.05, 0) is 0 Å². The fourth-order valence-electron chi connectivity index (χ4n) is 0. The third kappa shape index (κ3) is 9.03. The number of carboxylic acid groups (broad SMARTS) is 1. The van der Waals surface area contributed by atoms with Gasteiger partial charge in [0.25, 0.3) is 0 Å². The molecule has 36 valence electrons. The summed E-state index contributed by atoms with van der Waals surface area (Å²) >= 11 is 0. The molecule has 0 saturated heterocycles. The van der Waals surface area contributed by atoms with Crippen LogP contribution in [0.1, 0.15) is 0 Å². The van der Waals surface area contributed by atoms with E-state index in [4.69, 9.17) is 15.0 Å². The minimum Gasteiger partial charge on any atom is -0.480 e. The molecule has 0 aromatic heterocycles. The Kier molecular flexibility index (Phi) is 7.73. The minimum absolute atomic E-state index is 0. The average molecular weight is 128 g/mol. The van der Waals surface area contributed by atoms with Crippen LogP contribution in [0.25, 0.3) is 0 Å². The average Bonchev–Trinajstić information content (AvgIpc) is 1.38. The van der Waals surface area contributed by atoms with E-state index in [1.807, 2.05) is 0 Å². The topological polar surface area (TPSA) is 57.5 Å². The summed E-state index contributed by atoms with van der Waals surface area (Å²) in [4.78, 5) is 9.12. The van der Waals surface area contributed by atoms with Gasteiger partial charge in [0.15, 0.2) is 0 Å². The molecular formula is C2H4CrO3. The van der Waals surface area contributed by atoms with Gasteiger partial charge in [-0.25, -0.2) is 4.79 Å². The molecule has 6 heavy (non-hydrogen) atoms. The molecule has 0 aromatic carbocycles. The molecule has 0 bridgehead atoms. The van der Waals surface area contributed by atoms with Crippen molar-refractivity contribution in [3.63, 3.8) is 0 Å². The van der Waals surface area contributed by atoms with Crippen LogP contribution in [0.5, 0.6) is 0 Å². The summed E-state index contributed by atoms with van der Waals surface area (Å²) in [7, 11) is 0. The maximum absolute atomic E-state index is 9.12. The summed E-state index contributed by atoms with van der Waals surface area (Å²) < 4.78 is 0. The molecule has 0 heterocycles. The monoisotopic (exact) mass is 128 g/mol. The zero-order chi connectivity index (χ0) is 4.28. The molecule has 0 atom stereocenters. The van der Waals surface area contributed by atoms with E-state index in [2.05, 4.69) is 0 Å². The molecule has 2 N–H and O–H groups in total. The minimum atomic E-state index is -1.19. The van der Waals surface area contributed by atoms with E-state index < -0.39 is 12.6 Å². The van der Waals surface area contributed by atoms with Crippen molar-refractivity contribution in [2.24, 2.45) is 0 Å². The van der Waals surface area contributed by atoms with Gasteiger partial charge in [0.05, 0.1) is 0 Å². The van der Waals surface area contributed by atoms with E-state index in [9.17, 15) is 0 Å². The van der Waals surface area contributed by atoms with Crippen LogP contribution in [0.4, 0.5) is 0 Å². The zero-order valence-electron chi connectivity index (χ0n) is 2.92. The number of carbonyl (C=O) groups is 1. The van der Waals surface area contributed by atoms with Crippen molar-refractivity contribution >= 4 is 5.97 Å². The van der Waals surface area contributed by atoms with Crippen LogP contribution in [-0.4, -0.2) is 22.8 Å². The number of aliphatic hydroxyl groups excluding tert-OH is 1. The van der Waals surface area contributed by atoms with Crippen molar-refractivity contribution in [2.45, 2.75) is 0 Å². The molecule has 0 aromatic rings. The first-order valence-corrected chi connectivity index (χ1v) is 1.10. The van der Waals surface area contributed by atoms with Crippen LogP contribution >= 0.6 is 0 Å². The molecule has 0 amide bonds. The van der Waals surface area contributed by atoms with E-state index in [0.29, 0.717) is 0 Å². The summed E-state index contributed by atoms with van der Waals surface area (Å²) in [6.45, 7) is -0.778. The Morgan fingerprint density at radius 1 is 1.67 bits per heavy atom. The SMILES string of the molecule is O=C(O)CO.[Cr]. The Bertz CT molecular complexity index is 44.1. The van der Waals surface area contributed by atoms with Crippen LogP contribution in [0.3, 0.4) is 0 Å². The third-order valence-electron chi connectivity index (χ3n) is 0.135. The van der Waals surface area contributed by atoms with Crippen LogP contribution in [0.2, 0.25) is 0 Å². The first kappa shape index (κ1) is 9.35. The molecule has 0 spiro atoms. The summed E-state index contributed by atoms with van der Waals surface area (Å²) in [5.41, 5.74) is 0. The Hall–Kier alpha value is -0.0375. The predicted molar refractivity (Wildman–Crippen MR) is 14.7 cm³/mol. The Morgan fingerprint density at radius 2 is 1.83 bits per heavy atom. The Balaban J connectivity index is 0. The van der Waals surface area contributed by atoms with E-state index in [0.717, 1.165) is 0 Å². The smallest absolute Gasteiger partial charge is 0.329 e. The molecule has 0 aliphatic heterocycles. The molecule has 0 rings (SSSR count). The summed E-state index contributed by atoms with van der Waals surface area (Å²) in [5.74, 6) is -1.19. The molecule has 0 fully saturated rings. The van der Waals surface area contributed by atoms with Gasteiger partial charge in [0.1, 0.15) is 6.61 Å². The quantitative estimate of drug-likeness (QED) is 0.479. The Morgan fingerprint density at radius 3 is 1.83 bits per heavy atom. The van der Waals surface area contributed by atoms with Gasteiger partial charge in [-0.1, -0.05) is 0 Å². The number of aliphatic carboxylic acids is 1. The van der Waals surface area contributed by atoms with Crippen LogP contribution in [0.15, 0.2) is 0 Å². The number of hydrogen-bond donors (Lipinski definition) is 2. The van der Waals surface area contributed by atoms with Gasteiger partial charge in [0.2, 0.25) is 0 Å². The second kappa shape index (κ2) is 4.96. The van der Waals surface area contributed by atoms with Gasteiger partial charge in [-0.15, -0.1) is 0 Å². The van der Waals surface area contributed by atoms with Crippen molar-refractivity contribution in [1.82, 2.24) is 0 Å². The van der Waals surface area contributed by atoms with E-state index in [1.165, 1.54) is 0 Å². The van der Waals surface area contributed by atoms with E-state index in [1.54, 1.807) is 0 Å². The molecule has 0 unspecified atom stereocenters. The van der Waals surface area contributed by atoms with Crippen molar-refractivity contribution in [3.05, 3.63) is 0 Å². The fourth-order valence-corrected chi connectivity index (χ4v) is 0. The molecule has 0 aliphatic carbocycles. The van der Waals surface area contributed by atoms with Gasteiger partial charge in [-0.2, -0.15) is 0 Å². The van der Waals surface area contributed by atoms with Gasteiger partial charge in [0, 0.05) is 17.4 Å². The number of hydrogen-bond acceptors (Lipinski definition) is 2. The second-order valence-corrected chi connectivity index (χ2v) is 0.552. The summed E-state index contributed by atoms with van der Waals surface area (Å²) in [6.07, 6.45) is 0. The molecular weight excluding hydrogens is 124 g/mol. The normalized spacial score (nSPS) is 6.17.